The van der Waals surface area contributed by atoms with E-state index in [1.165, 1.54) is 31.2 Å². The zero-order valence-corrected chi connectivity index (χ0v) is 11.1. The van der Waals surface area contributed by atoms with Crippen molar-refractivity contribution in [3.63, 3.8) is 0 Å². The summed E-state index contributed by atoms with van der Waals surface area (Å²) in [6.07, 6.45) is -4.62. The second-order valence-corrected chi connectivity index (χ2v) is 4.51. The lowest BCUT2D eigenvalue weighted by Crippen LogP contribution is -2.27. The normalized spacial score (nSPS) is 11.7. The standard InChI is InChI=1S/C14H12F4N2O/c1-2-10-11(7-8-3-5-9(15)6-4-8)19-20-13(21)12(10)14(16,17)18/h3-6H,2,7H2,1H3,(H,20,21). The van der Waals surface area contributed by atoms with Crippen LogP contribution in [-0.2, 0) is 19.0 Å². The second-order valence-electron chi connectivity index (χ2n) is 4.51. The fourth-order valence-electron chi connectivity index (χ4n) is 2.15. The van der Waals surface area contributed by atoms with Crippen molar-refractivity contribution < 1.29 is 17.6 Å². The van der Waals surface area contributed by atoms with E-state index < -0.39 is 23.1 Å². The van der Waals surface area contributed by atoms with Gasteiger partial charge in [-0.15, -0.1) is 0 Å². The van der Waals surface area contributed by atoms with Crippen LogP contribution in [-0.4, -0.2) is 10.2 Å². The fourth-order valence-corrected chi connectivity index (χ4v) is 2.15. The van der Waals surface area contributed by atoms with Crippen LogP contribution < -0.4 is 5.56 Å². The molecule has 0 saturated carbocycles. The van der Waals surface area contributed by atoms with Crippen molar-refractivity contribution in [2.75, 3.05) is 0 Å². The van der Waals surface area contributed by atoms with Crippen LogP contribution >= 0.6 is 0 Å². The van der Waals surface area contributed by atoms with Gasteiger partial charge >= 0.3 is 6.18 Å². The van der Waals surface area contributed by atoms with Gasteiger partial charge in [-0.1, -0.05) is 19.1 Å². The third-order valence-electron chi connectivity index (χ3n) is 3.09. The monoisotopic (exact) mass is 300 g/mol. The minimum absolute atomic E-state index is 0.0301. The second kappa shape index (κ2) is 5.67. The van der Waals surface area contributed by atoms with Gasteiger partial charge in [0.05, 0.1) is 5.69 Å². The number of halogens is 4. The Morgan fingerprint density at radius 2 is 1.81 bits per heavy atom. The molecule has 0 amide bonds. The molecular formula is C14H12F4N2O. The van der Waals surface area contributed by atoms with E-state index in [-0.39, 0.29) is 24.1 Å². The van der Waals surface area contributed by atoms with Crippen molar-refractivity contribution in [2.24, 2.45) is 0 Å². The molecule has 1 aromatic heterocycles. The molecule has 2 rings (SSSR count). The molecule has 2 aromatic rings. The molecule has 21 heavy (non-hydrogen) atoms. The summed E-state index contributed by atoms with van der Waals surface area (Å²) in [5.74, 6) is -0.431. The molecule has 0 bridgehead atoms. The number of rotatable bonds is 3. The lowest BCUT2D eigenvalue weighted by Gasteiger charge is -2.13. The third kappa shape index (κ3) is 3.29. The van der Waals surface area contributed by atoms with Crippen molar-refractivity contribution in [3.8, 4) is 0 Å². The number of nitrogens with zero attached hydrogens (tertiary/aromatic N) is 1. The number of hydrogen-bond acceptors (Lipinski definition) is 2. The molecular weight excluding hydrogens is 288 g/mol. The number of hydrogen-bond donors (Lipinski definition) is 1. The maximum absolute atomic E-state index is 13.0. The van der Waals surface area contributed by atoms with Crippen LogP contribution in [0.15, 0.2) is 29.1 Å². The molecule has 1 heterocycles. The van der Waals surface area contributed by atoms with Crippen LogP contribution in [0.2, 0.25) is 0 Å². The molecule has 0 aliphatic heterocycles. The Morgan fingerprint density at radius 3 is 2.33 bits per heavy atom. The van der Waals surface area contributed by atoms with Gasteiger partial charge in [-0.25, -0.2) is 9.49 Å². The average Bonchev–Trinajstić information content (AvgIpc) is 2.41. The van der Waals surface area contributed by atoms with E-state index in [1.54, 1.807) is 0 Å². The predicted molar refractivity (Wildman–Crippen MR) is 68.4 cm³/mol. The highest BCUT2D eigenvalue weighted by molar-refractivity contribution is 5.34. The minimum Gasteiger partial charge on any atom is -0.267 e. The van der Waals surface area contributed by atoms with E-state index in [2.05, 4.69) is 5.10 Å². The molecule has 1 N–H and O–H groups in total. The highest BCUT2D eigenvalue weighted by Gasteiger charge is 2.37. The summed E-state index contributed by atoms with van der Waals surface area (Å²) in [5, 5.41) is 5.59. The minimum atomic E-state index is -4.74. The lowest BCUT2D eigenvalue weighted by atomic mass is 10.00. The molecule has 7 heteroatoms. The number of aromatic nitrogens is 2. The maximum Gasteiger partial charge on any atom is 0.422 e. The summed E-state index contributed by atoms with van der Waals surface area (Å²) in [7, 11) is 0. The van der Waals surface area contributed by atoms with Gasteiger partial charge in [0.2, 0.25) is 0 Å². The van der Waals surface area contributed by atoms with Crippen LogP contribution in [0.3, 0.4) is 0 Å². The average molecular weight is 300 g/mol. The van der Waals surface area contributed by atoms with Gasteiger partial charge in [0, 0.05) is 6.42 Å². The quantitative estimate of drug-likeness (QED) is 0.885. The van der Waals surface area contributed by atoms with Crippen molar-refractivity contribution in [3.05, 3.63) is 62.8 Å². The molecule has 0 fully saturated rings. The number of alkyl halides is 3. The Labute approximate surface area is 117 Å². The van der Waals surface area contributed by atoms with Crippen molar-refractivity contribution >= 4 is 0 Å². The largest absolute Gasteiger partial charge is 0.422 e. The summed E-state index contributed by atoms with van der Waals surface area (Å²) < 4.78 is 51.7. The van der Waals surface area contributed by atoms with Crippen molar-refractivity contribution in [1.82, 2.24) is 10.2 Å². The summed E-state index contributed by atoms with van der Waals surface area (Å²) in [6, 6.07) is 5.37. The highest BCUT2D eigenvalue weighted by Crippen LogP contribution is 2.30. The molecule has 0 unspecified atom stereocenters. The maximum atomic E-state index is 13.0. The first-order chi connectivity index (χ1) is 9.82. The molecule has 0 radical (unpaired) electrons. The Hall–Kier alpha value is -2.18. The van der Waals surface area contributed by atoms with Crippen molar-refractivity contribution in [1.29, 1.82) is 0 Å². The number of aromatic amines is 1. The molecule has 0 aliphatic rings. The topological polar surface area (TPSA) is 45.8 Å². The molecule has 3 nitrogen and oxygen atoms in total. The van der Waals surface area contributed by atoms with E-state index in [4.69, 9.17) is 0 Å². The van der Waals surface area contributed by atoms with Gasteiger partial charge in [0.15, 0.2) is 0 Å². The highest BCUT2D eigenvalue weighted by atomic mass is 19.4. The van der Waals surface area contributed by atoms with Gasteiger partial charge in [-0.2, -0.15) is 18.3 Å². The van der Waals surface area contributed by atoms with Gasteiger partial charge < -0.3 is 0 Å². The van der Waals surface area contributed by atoms with Crippen molar-refractivity contribution in [2.45, 2.75) is 25.9 Å². The van der Waals surface area contributed by atoms with Gasteiger partial charge in [0.1, 0.15) is 11.4 Å². The van der Waals surface area contributed by atoms with Crippen LogP contribution in [0.25, 0.3) is 0 Å². The lowest BCUT2D eigenvalue weighted by molar-refractivity contribution is -0.139. The summed E-state index contributed by atoms with van der Waals surface area (Å²) in [6.45, 7) is 1.53. The Kier molecular flexibility index (Phi) is 4.11. The SMILES string of the molecule is CCc1c(Cc2ccc(F)cc2)n[nH]c(=O)c1C(F)(F)F. The van der Waals surface area contributed by atoms with E-state index in [0.29, 0.717) is 5.56 Å². The zero-order chi connectivity index (χ0) is 15.6. The van der Waals surface area contributed by atoms with E-state index in [9.17, 15) is 22.4 Å². The fraction of sp³-hybridized carbons (Fsp3) is 0.286. The summed E-state index contributed by atoms with van der Waals surface area (Å²) in [5.41, 5.74) is -1.84. The Balaban J connectivity index is 2.50. The van der Waals surface area contributed by atoms with Crippen LogP contribution in [0.4, 0.5) is 17.6 Å². The molecule has 0 saturated heterocycles. The number of nitrogens with one attached hydrogen (secondary N) is 1. The number of H-pyrrole nitrogens is 1. The smallest absolute Gasteiger partial charge is 0.267 e. The molecule has 0 aliphatic carbocycles. The molecule has 1 aromatic carbocycles. The Morgan fingerprint density at radius 1 is 1.19 bits per heavy atom. The molecule has 0 spiro atoms. The first kappa shape index (κ1) is 15.2. The van der Waals surface area contributed by atoms with Gasteiger partial charge in [0.25, 0.3) is 5.56 Å². The van der Waals surface area contributed by atoms with Crippen LogP contribution in [0.5, 0.6) is 0 Å². The summed E-state index contributed by atoms with van der Waals surface area (Å²) in [4.78, 5) is 11.4. The third-order valence-corrected chi connectivity index (χ3v) is 3.09. The first-order valence-electron chi connectivity index (χ1n) is 6.25. The molecule has 112 valence electrons. The van der Waals surface area contributed by atoms with Gasteiger partial charge in [-0.05, 0) is 29.7 Å². The van der Waals surface area contributed by atoms with E-state index in [0.717, 1.165) is 0 Å². The van der Waals surface area contributed by atoms with Gasteiger partial charge in [-0.3, -0.25) is 4.79 Å². The number of benzene rings is 1. The van der Waals surface area contributed by atoms with E-state index >= 15 is 0 Å². The molecule has 0 atom stereocenters. The van der Waals surface area contributed by atoms with Crippen LogP contribution in [0, 0.1) is 5.82 Å². The first-order valence-corrected chi connectivity index (χ1v) is 6.25. The van der Waals surface area contributed by atoms with E-state index in [1.807, 2.05) is 5.10 Å². The Bertz CT molecular complexity index is 690. The van der Waals surface area contributed by atoms with Crippen LogP contribution in [0.1, 0.15) is 29.3 Å². The zero-order valence-electron chi connectivity index (χ0n) is 11.1. The summed E-state index contributed by atoms with van der Waals surface area (Å²) >= 11 is 0. The predicted octanol–water partition coefficient (Wildman–Crippen LogP) is 3.08.